The third kappa shape index (κ3) is 3.76. The first-order valence-electron chi connectivity index (χ1n) is 8.80. The van der Waals surface area contributed by atoms with E-state index in [1.165, 1.54) is 0 Å². The summed E-state index contributed by atoms with van der Waals surface area (Å²) in [6, 6.07) is 23.4. The van der Waals surface area contributed by atoms with E-state index < -0.39 is 5.91 Å². The molecule has 28 heavy (non-hydrogen) atoms. The molecule has 0 aliphatic carbocycles. The normalized spacial score (nSPS) is 11.4. The van der Waals surface area contributed by atoms with Crippen molar-refractivity contribution in [1.82, 2.24) is 15.6 Å². The number of hydrogen-bond acceptors (Lipinski definition) is 4. The summed E-state index contributed by atoms with van der Waals surface area (Å²) in [5.74, 6) is 0.221. The monoisotopic (exact) mass is 370 g/mol. The first-order valence-corrected chi connectivity index (χ1v) is 8.80. The van der Waals surface area contributed by atoms with Gasteiger partial charge in [-0.25, -0.2) is 5.43 Å². The lowest BCUT2D eigenvalue weighted by atomic mass is 10.0. The lowest BCUT2D eigenvalue weighted by molar-refractivity contribution is 0.0950. The highest BCUT2D eigenvalue weighted by Crippen LogP contribution is 2.20. The molecule has 0 bridgehead atoms. The minimum atomic E-state index is -0.394. The summed E-state index contributed by atoms with van der Waals surface area (Å²) in [4.78, 5) is 12.3. The molecule has 6 heteroatoms. The Morgan fingerprint density at radius 2 is 1.75 bits per heavy atom. The second kappa shape index (κ2) is 7.75. The van der Waals surface area contributed by atoms with Crippen LogP contribution in [-0.4, -0.2) is 21.8 Å². The number of hydrazone groups is 1. The van der Waals surface area contributed by atoms with Gasteiger partial charge in [-0.2, -0.15) is 10.2 Å². The van der Waals surface area contributed by atoms with Gasteiger partial charge >= 0.3 is 0 Å². The Morgan fingerprint density at radius 1 is 1.00 bits per heavy atom. The maximum absolute atomic E-state index is 12.3. The summed E-state index contributed by atoms with van der Waals surface area (Å²) in [6.45, 7) is 1.84. The van der Waals surface area contributed by atoms with Gasteiger partial charge in [0.15, 0.2) is 11.5 Å². The number of aromatic amines is 1. The van der Waals surface area contributed by atoms with Crippen molar-refractivity contribution in [1.29, 1.82) is 0 Å². The molecular weight excluding hydrogens is 352 g/mol. The number of amides is 1. The molecule has 0 saturated carbocycles. The Balaban J connectivity index is 1.43. The Hall–Kier alpha value is -3.93. The van der Waals surface area contributed by atoms with Crippen LogP contribution in [0.2, 0.25) is 0 Å². The minimum absolute atomic E-state index is 0.238. The van der Waals surface area contributed by atoms with Gasteiger partial charge in [0.05, 0.1) is 12.0 Å². The van der Waals surface area contributed by atoms with Gasteiger partial charge < -0.3 is 4.42 Å². The Kier molecular flexibility index (Phi) is 4.84. The average molecular weight is 370 g/mol. The van der Waals surface area contributed by atoms with Gasteiger partial charge in [0.25, 0.3) is 5.91 Å². The van der Waals surface area contributed by atoms with Crippen LogP contribution in [0, 0.1) is 0 Å². The van der Waals surface area contributed by atoms with Gasteiger partial charge in [-0.15, -0.1) is 0 Å². The fourth-order valence-corrected chi connectivity index (χ4v) is 2.79. The molecule has 0 saturated heterocycles. The molecule has 4 rings (SSSR count). The fourth-order valence-electron chi connectivity index (χ4n) is 2.79. The van der Waals surface area contributed by atoms with Crippen molar-refractivity contribution in [2.75, 3.05) is 0 Å². The van der Waals surface area contributed by atoms with E-state index in [1.807, 2.05) is 49.4 Å². The molecule has 0 aliphatic rings. The highest BCUT2D eigenvalue weighted by Gasteiger charge is 2.12. The smallest absolute Gasteiger partial charge is 0.291 e. The van der Waals surface area contributed by atoms with E-state index in [9.17, 15) is 4.79 Å². The zero-order valence-electron chi connectivity index (χ0n) is 15.2. The van der Waals surface area contributed by atoms with Crippen LogP contribution < -0.4 is 5.43 Å². The van der Waals surface area contributed by atoms with E-state index >= 15 is 0 Å². The van der Waals surface area contributed by atoms with E-state index in [1.54, 1.807) is 24.5 Å². The fraction of sp³-hybridized carbons (Fsp3) is 0.0455. The Labute approximate surface area is 161 Å². The number of aromatic nitrogens is 2. The summed E-state index contributed by atoms with van der Waals surface area (Å²) in [6.07, 6.45) is 1.56. The molecule has 4 aromatic rings. The largest absolute Gasteiger partial charge is 0.463 e. The molecule has 0 radical (unpaired) electrons. The molecule has 138 valence electrons. The molecule has 2 aromatic carbocycles. The van der Waals surface area contributed by atoms with E-state index in [0.29, 0.717) is 17.2 Å². The van der Waals surface area contributed by atoms with Gasteiger partial charge in [0.1, 0.15) is 5.69 Å². The number of nitrogens with zero attached hydrogens (tertiary/aromatic N) is 2. The third-order valence-electron chi connectivity index (χ3n) is 4.33. The minimum Gasteiger partial charge on any atom is -0.463 e. The van der Waals surface area contributed by atoms with Crippen LogP contribution in [0.15, 0.2) is 88.6 Å². The zero-order chi connectivity index (χ0) is 19.3. The van der Waals surface area contributed by atoms with Crippen molar-refractivity contribution in [2.45, 2.75) is 6.92 Å². The number of rotatable bonds is 5. The van der Waals surface area contributed by atoms with Crippen LogP contribution in [0.25, 0.3) is 22.6 Å². The van der Waals surface area contributed by atoms with Crippen LogP contribution in [0.1, 0.15) is 23.0 Å². The number of carbonyl (C=O) groups excluding carboxylic acids is 1. The second-order valence-corrected chi connectivity index (χ2v) is 6.23. The molecule has 0 aliphatic heterocycles. The van der Waals surface area contributed by atoms with Crippen LogP contribution in [0.3, 0.4) is 0 Å². The topological polar surface area (TPSA) is 83.3 Å². The highest BCUT2D eigenvalue weighted by molar-refractivity contribution is 6.00. The lowest BCUT2D eigenvalue weighted by Crippen LogP contribution is -2.19. The first-order chi connectivity index (χ1) is 13.7. The van der Waals surface area contributed by atoms with Gasteiger partial charge in [-0.3, -0.25) is 9.89 Å². The summed E-state index contributed by atoms with van der Waals surface area (Å²) in [5.41, 5.74) is 7.32. The third-order valence-corrected chi connectivity index (χ3v) is 4.33. The van der Waals surface area contributed by atoms with Crippen LogP contribution in [0.4, 0.5) is 0 Å². The van der Waals surface area contributed by atoms with Gasteiger partial charge in [0.2, 0.25) is 0 Å². The molecule has 2 N–H and O–H groups in total. The standard InChI is InChI=1S/C22H18N4O2/c1-15(16-9-11-18(12-10-16)17-6-3-2-4-7-17)23-26-22(27)20-14-19(24-25-20)21-8-5-13-28-21/h2-14H,1H3,(H,24,25)(H,26,27). The van der Waals surface area contributed by atoms with Crippen molar-refractivity contribution in [2.24, 2.45) is 5.10 Å². The summed E-state index contributed by atoms with van der Waals surface area (Å²) in [5, 5.41) is 11.0. The number of hydrogen-bond donors (Lipinski definition) is 2. The maximum atomic E-state index is 12.3. The first kappa shape index (κ1) is 17.5. The molecule has 6 nitrogen and oxygen atoms in total. The Bertz CT molecular complexity index is 1100. The van der Waals surface area contributed by atoms with Crippen molar-refractivity contribution in [3.8, 4) is 22.6 Å². The van der Waals surface area contributed by atoms with Crippen molar-refractivity contribution in [3.05, 3.63) is 90.3 Å². The quantitative estimate of drug-likeness (QED) is 0.401. The van der Waals surface area contributed by atoms with Crippen LogP contribution in [-0.2, 0) is 0 Å². The molecule has 2 aromatic heterocycles. The van der Waals surface area contributed by atoms with E-state index in [2.05, 4.69) is 32.9 Å². The summed E-state index contributed by atoms with van der Waals surface area (Å²) < 4.78 is 5.28. The second-order valence-electron chi connectivity index (χ2n) is 6.23. The molecule has 1 amide bonds. The molecular formula is C22H18N4O2. The summed E-state index contributed by atoms with van der Waals surface area (Å²) >= 11 is 0. The maximum Gasteiger partial charge on any atom is 0.291 e. The molecule has 0 fully saturated rings. The Morgan fingerprint density at radius 3 is 2.46 bits per heavy atom. The number of benzene rings is 2. The van der Waals surface area contributed by atoms with Crippen LogP contribution >= 0.6 is 0 Å². The highest BCUT2D eigenvalue weighted by atomic mass is 16.3. The number of nitrogens with one attached hydrogen (secondary N) is 2. The number of H-pyrrole nitrogens is 1. The SMILES string of the molecule is CC(=NNC(=O)c1cc(-c2ccco2)[nH]n1)c1ccc(-c2ccccc2)cc1. The predicted octanol–water partition coefficient (Wildman–Crippen LogP) is 4.49. The number of furan rings is 1. The molecule has 0 unspecified atom stereocenters. The van der Waals surface area contributed by atoms with Gasteiger partial charge in [-0.1, -0.05) is 54.6 Å². The lowest BCUT2D eigenvalue weighted by Gasteiger charge is -2.05. The van der Waals surface area contributed by atoms with Crippen LogP contribution in [0.5, 0.6) is 0 Å². The van der Waals surface area contributed by atoms with Gasteiger partial charge in [-0.05, 0) is 35.7 Å². The van der Waals surface area contributed by atoms with Crippen molar-refractivity contribution < 1.29 is 9.21 Å². The van der Waals surface area contributed by atoms with E-state index in [4.69, 9.17) is 4.42 Å². The number of carbonyl (C=O) groups is 1. The summed E-state index contributed by atoms with van der Waals surface area (Å²) in [7, 11) is 0. The van der Waals surface area contributed by atoms with Gasteiger partial charge in [0, 0.05) is 6.07 Å². The van der Waals surface area contributed by atoms with Crippen molar-refractivity contribution in [3.63, 3.8) is 0 Å². The predicted molar refractivity (Wildman–Crippen MR) is 108 cm³/mol. The average Bonchev–Trinajstić information content (AvgIpc) is 3.44. The van der Waals surface area contributed by atoms with E-state index in [0.717, 1.165) is 16.7 Å². The van der Waals surface area contributed by atoms with Crippen molar-refractivity contribution >= 4 is 11.6 Å². The molecule has 2 heterocycles. The molecule has 0 spiro atoms. The van der Waals surface area contributed by atoms with E-state index in [-0.39, 0.29) is 5.69 Å². The molecule has 0 atom stereocenters. The zero-order valence-corrected chi connectivity index (χ0v) is 15.2.